The number of ether oxygens (including phenoxy) is 1. The lowest BCUT2D eigenvalue weighted by molar-refractivity contribution is -0.385. The molecule has 6 nitrogen and oxygen atoms in total. The molecule has 1 saturated heterocycles. The Bertz CT molecular complexity index is 428. The molecule has 0 radical (unpaired) electrons. The molecular formula is C11H13N3O3. The summed E-state index contributed by atoms with van der Waals surface area (Å²) in [6, 6.07) is 1.63. The normalized spacial score (nSPS) is 16.4. The van der Waals surface area contributed by atoms with Gasteiger partial charge in [-0.05, 0) is 12.1 Å². The monoisotopic (exact) mass is 235 g/mol. The molecule has 2 rings (SSSR count). The predicted molar refractivity (Wildman–Crippen MR) is 62.3 cm³/mol. The molecule has 0 aromatic carbocycles. The van der Waals surface area contributed by atoms with Crippen LogP contribution in [0.25, 0.3) is 6.08 Å². The van der Waals surface area contributed by atoms with Crippen LogP contribution >= 0.6 is 0 Å². The Morgan fingerprint density at radius 1 is 1.47 bits per heavy atom. The Balaban J connectivity index is 2.11. The van der Waals surface area contributed by atoms with Gasteiger partial charge in [-0.25, -0.2) is 0 Å². The summed E-state index contributed by atoms with van der Waals surface area (Å²) >= 11 is 0. The minimum atomic E-state index is -0.425. The first-order valence-corrected chi connectivity index (χ1v) is 5.36. The summed E-state index contributed by atoms with van der Waals surface area (Å²) in [5.41, 5.74) is 0.591. The van der Waals surface area contributed by atoms with Crippen LogP contribution in [-0.2, 0) is 4.74 Å². The number of rotatable bonds is 3. The fourth-order valence-electron chi connectivity index (χ4n) is 1.60. The Labute approximate surface area is 98.7 Å². The van der Waals surface area contributed by atoms with Crippen LogP contribution < -0.4 is 0 Å². The van der Waals surface area contributed by atoms with Gasteiger partial charge in [0.05, 0.1) is 23.7 Å². The second-order valence-corrected chi connectivity index (χ2v) is 3.66. The van der Waals surface area contributed by atoms with Crippen LogP contribution in [0, 0.1) is 10.1 Å². The maximum atomic E-state index is 10.8. The highest BCUT2D eigenvalue weighted by atomic mass is 16.6. The van der Waals surface area contributed by atoms with E-state index in [1.54, 1.807) is 18.3 Å². The number of aromatic nitrogens is 1. The first-order chi connectivity index (χ1) is 8.27. The van der Waals surface area contributed by atoms with Crippen molar-refractivity contribution in [1.29, 1.82) is 0 Å². The van der Waals surface area contributed by atoms with Gasteiger partial charge >= 0.3 is 0 Å². The number of nitrogens with zero attached hydrogens (tertiary/aromatic N) is 3. The third-order valence-electron chi connectivity index (χ3n) is 2.54. The topological polar surface area (TPSA) is 68.5 Å². The second-order valence-electron chi connectivity index (χ2n) is 3.66. The standard InChI is InChI=1S/C11H13N3O3/c15-14(16)11-9-12-3-1-10(11)2-4-13-5-7-17-8-6-13/h1-4,9H,5-8H2/b4-2+. The average molecular weight is 235 g/mol. The van der Waals surface area contributed by atoms with E-state index in [4.69, 9.17) is 4.74 Å². The fourth-order valence-corrected chi connectivity index (χ4v) is 1.60. The minimum absolute atomic E-state index is 0.0250. The maximum absolute atomic E-state index is 10.8. The highest BCUT2D eigenvalue weighted by Crippen LogP contribution is 2.17. The van der Waals surface area contributed by atoms with Crippen LogP contribution in [0.1, 0.15) is 5.56 Å². The minimum Gasteiger partial charge on any atom is -0.378 e. The molecule has 0 N–H and O–H groups in total. The summed E-state index contributed by atoms with van der Waals surface area (Å²) in [7, 11) is 0. The van der Waals surface area contributed by atoms with E-state index in [0.29, 0.717) is 18.8 Å². The molecular weight excluding hydrogens is 222 g/mol. The van der Waals surface area contributed by atoms with E-state index in [2.05, 4.69) is 9.88 Å². The Hall–Kier alpha value is -1.95. The molecule has 0 bridgehead atoms. The Kier molecular flexibility index (Phi) is 3.66. The summed E-state index contributed by atoms with van der Waals surface area (Å²) in [5.74, 6) is 0. The van der Waals surface area contributed by atoms with E-state index in [-0.39, 0.29) is 5.69 Å². The molecule has 0 atom stereocenters. The van der Waals surface area contributed by atoms with Gasteiger partial charge in [0.1, 0.15) is 6.20 Å². The molecule has 1 aromatic heterocycles. The van der Waals surface area contributed by atoms with E-state index in [1.165, 1.54) is 6.20 Å². The van der Waals surface area contributed by atoms with Crippen molar-refractivity contribution in [2.75, 3.05) is 26.3 Å². The van der Waals surface area contributed by atoms with Gasteiger partial charge in [-0.15, -0.1) is 0 Å². The lowest BCUT2D eigenvalue weighted by Crippen LogP contribution is -2.31. The van der Waals surface area contributed by atoms with Crippen LogP contribution in [0.2, 0.25) is 0 Å². The van der Waals surface area contributed by atoms with Crippen LogP contribution in [0.15, 0.2) is 24.7 Å². The zero-order valence-electron chi connectivity index (χ0n) is 9.28. The van der Waals surface area contributed by atoms with E-state index in [1.807, 2.05) is 6.20 Å². The summed E-state index contributed by atoms with van der Waals surface area (Å²) in [6.45, 7) is 3.02. The fraction of sp³-hybridized carbons (Fsp3) is 0.364. The predicted octanol–water partition coefficient (Wildman–Crippen LogP) is 1.29. The zero-order chi connectivity index (χ0) is 12.1. The molecule has 0 saturated carbocycles. The van der Waals surface area contributed by atoms with Crippen molar-refractivity contribution in [2.45, 2.75) is 0 Å². The van der Waals surface area contributed by atoms with Crippen molar-refractivity contribution in [1.82, 2.24) is 9.88 Å². The number of morpholine rings is 1. The van der Waals surface area contributed by atoms with Crippen LogP contribution in [0.5, 0.6) is 0 Å². The molecule has 17 heavy (non-hydrogen) atoms. The van der Waals surface area contributed by atoms with Crippen LogP contribution in [0.3, 0.4) is 0 Å². The summed E-state index contributed by atoms with van der Waals surface area (Å²) < 4.78 is 5.22. The van der Waals surface area contributed by atoms with E-state index < -0.39 is 4.92 Å². The third kappa shape index (κ3) is 3.01. The number of hydrogen-bond acceptors (Lipinski definition) is 5. The van der Waals surface area contributed by atoms with E-state index in [0.717, 1.165) is 13.1 Å². The molecule has 0 unspecified atom stereocenters. The molecule has 1 aliphatic heterocycles. The van der Waals surface area contributed by atoms with E-state index in [9.17, 15) is 10.1 Å². The summed E-state index contributed by atoms with van der Waals surface area (Å²) in [6.07, 6.45) is 6.42. The molecule has 1 aliphatic rings. The molecule has 2 heterocycles. The van der Waals surface area contributed by atoms with Gasteiger partial charge in [-0.2, -0.15) is 0 Å². The van der Waals surface area contributed by atoms with Gasteiger partial charge in [0.15, 0.2) is 0 Å². The van der Waals surface area contributed by atoms with Crippen molar-refractivity contribution in [3.8, 4) is 0 Å². The molecule has 0 amide bonds. The zero-order valence-corrected chi connectivity index (χ0v) is 9.28. The first kappa shape index (κ1) is 11.5. The lowest BCUT2D eigenvalue weighted by Gasteiger charge is -2.24. The first-order valence-electron chi connectivity index (χ1n) is 5.36. The lowest BCUT2D eigenvalue weighted by atomic mass is 10.2. The van der Waals surface area contributed by atoms with Gasteiger partial charge in [-0.1, -0.05) is 0 Å². The molecule has 1 fully saturated rings. The maximum Gasteiger partial charge on any atom is 0.294 e. The van der Waals surface area contributed by atoms with Crippen molar-refractivity contribution in [3.05, 3.63) is 40.3 Å². The van der Waals surface area contributed by atoms with Gasteiger partial charge in [0, 0.05) is 25.5 Å². The largest absolute Gasteiger partial charge is 0.378 e. The van der Waals surface area contributed by atoms with Crippen LogP contribution in [0.4, 0.5) is 5.69 Å². The highest BCUT2D eigenvalue weighted by molar-refractivity contribution is 5.59. The van der Waals surface area contributed by atoms with E-state index >= 15 is 0 Å². The molecule has 90 valence electrons. The Morgan fingerprint density at radius 3 is 2.94 bits per heavy atom. The van der Waals surface area contributed by atoms with Gasteiger partial charge in [0.2, 0.25) is 0 Å². The number of nitro groups is 1. The summed E-state index contributed by atoms with van der Waals surface area (Å²) in [4.78, 5) is 16.2. The average Bonchev–Trinajstić information content (AvgIpc) is 2.38. The van der Waals surface area contributed by atoms with Crippen molar-refractivity contribution in [2.24, 2.45) is 0 Å². The SMILES string of the molecule is O=[N+]([O-])c1cnccc1/C=C/N1CCOCC1. The third-order valence-corrected chi connectivity index (χ3v) is 2.54. The van der Waals surface area contributed by atoms with Crippen molar-refractivity contribution >= 4 is 11.8 Å². The smallest absolute Gasteiger partial charge is 0.294 e. The molecule has 0 aliphatic carbocycles. The Morgan fingerprint density at radius 2 is 2.24 bits per heavy atom. The summed E-state index contributed by atoms with van der Waals surface area (Å²) in [5, 5.41) is 10.8. The van der Waals surface area contributed by atoms with Gasteiger partial charge in [0.25, 0.3) is 5.69 Å². The van der Waals surface area contributed by atoms with Gasteiger partial charge in [-0.3, -0.25) is 15.1 Å². The second kappa shape index (κ2) is 5.40. The number of hydrogen-bond donors (Lipinski definition) is 0. The molecule has 0 spiro atoms. The quantitative estimate of drug-likeness (QED) is 0.583. The van der Waals surface area contributed by atoms with Gasteiger partial charge < -0.3 is 9.64 Å². The molecule has 1 aromatic rings. The molecule has 6 heteroatoms. The van der Waals surface area contributed by atoms with Crippen LogP contribution in [-0.4, -0.2) is 41.1 Å². The van der Waals surface area contributed by atoms with Crippen molar-refractivity contribution in [3.63, 3.8) is 0 Å². The number of pyridine rings is 1. The van der Waals surface area contributed by atoms with Crippen molar-refractivity contribution < 1.29 is 9.66 Å². The highest BCUT2D eigenvalue weighted by Gasteiger charge is 2.11.